The van der Waals surface area contributed by atoms with E-state index in [4.69, 9.17) is 4.74 Å². The smallest absolute Gasteiger partial charge is 0.228 e. The van der Waals surface area contributed by atoms with Crippen molar-refractivity contribution in [3.63, 3.8) is 0 Å². The number of benzene rings is 2. The fourth-order valence-corrected chi connectivity index (χ4v) is 5.81. The number of sulfone groups is 1. The Labute approximate surface area is 236 Å². The molecule has 2 aromatic heterocycles. The number of rotatable bonds is 10. The van der Waals surface area contributed by atoms with Crippen LogP contribution in [0.3, 0.4) is 0 Å². The van der Waals surface area contributed by atoms with Crippen molar-refractivity contribution in [1.29, 1.82) is 0 Å². The summed E-state index contributed by atoms with van der Waals surface area (Å²) < 4.78 is 59.0. The predicted octanol–water partition coefficient (Wildman–Crippen LogP) is 3.08. The van der Waals surface area contributed by atoms with Gasteiger partial charge in [-0.3, -0.25) is 9.69 Å². The summed E-state index contributed by atoms with van der Waals surface area (Å²) in [6, 6.07) is 8.94. The van der Waals surface area contributed by atoms with Gasteiger partial charge in [-0.05, 0) is 17.7 Å². The average Bonchev–Trinajstić information content (AvgIpc) is 3.38. The average molecular weight is 585 g/mol. The number of para-hydroxylation sites is 1. The van der Waals surface area contributed by atoms with Gasteiger partial charge >= 0.3 is 0 Å². The number of ketones is 1. The van der Waals surface area contributed by atoms with Crippen LogP contribution < -0.4 is 10.6 Å². The monoisotopic (exact) mass is 584 g/mol. The highest BCUT2D eigenvalue weighted by Crippen LogP contribution is 2.32. The van der Waals surface area contributed by atoms with E-state index in [-0.39, 0.29) is 35.6 Å². The molecule has 1 aliphatic rings. The van der Waals surface area contributed by atoms with E-state index in [9.17, 15) is 17.6 Å². The summed E-state index contributed by atoms with van der Waals surface area (Å²) >= 11 is 0. The maximum Gasteiger partial charge on any atom is 0.228 e. The molecule has 5 rings (SSSR count). The first-order chi connectivity index (χ1) is 19.7. The number of nitrogens with zero attached hydrogens (tertiary/aromatic N) is 3. The molecule has 41 heavy (non-hydrogen) atoms. The zero-order valence-electron chi connectivity index (χ0n) is 22.6. The van der Waals surface area contributed by atoms with Crippen molar-refractivity contribution in [2.24, 2.45) is 0 Å². The fourth-order valence-electron chi connectivity index (χ4n) is 5.05. The lowest BCUT2D eigenvalue weighted by Gasteiger charge is -2.33. The maximum absolute atomic E-state index is 15.0. The number of anilines is 2. The summed E-state index contributed by atoms with van der Waals surface area (Å²) in [6.07, 6.45) is 3.62. The highest BCUT2D eigenvalue weighted by molar-refractivity contribution is 7.90. The fraction of sp³-hybridized carbons (Fsp3) is 0.321. The highest BCUT2D eigenvalue weighted by atomic mass is 32.2. The number of nitrogens with one attached hydrogen (secondary N) is 3. The number of fused-ring (bicyclic) bond motifs is 1. The summed E-state index contributed by atoms with van der Waals surface area (Å²) in [5, 5.41) is 6.59. The van der Waals surface area contributed by atoms with E-state index >= 15 is 4.39 Å². The van der Waals surface area contributed by atoms with Gasteiger partial charge in [0.15, 0.2) is 27.3 Å². The predicted molar refractivity (Wildman–Crippen MR) is 151 cm³/mol. The lowest BCUT2D eigenvalue weighted by Crippen LogP contribution is -2.53. The van der Waals surface area contributed by atoms with Crippen LogP contribution in [-0.4, -0.2) is 86.2 Å². The third-order valence-corrected chi connectivity index (χ3v) is 8.18. The summed E-state index contributed by atoms with van der Waals surface area (Å²) in [7, 11) is -2.23. The van der Waals surface area contributed by atoms with Crippen LogP contribution in [0.5, 0.6) is 0 Å². The molecule has 0 unspecified atom stereocenters. The van der Waals surface area contributed by atoms with Gasteiger partial charge in [0.2, 0.25) is 5.95 Å². The summed E-state index contributed by atoms with van der Waals surface area (Å²) in [6.45, 7) is 3.41. The van der Waals surface area contributed by atoms with Crippen LogP contribution in [0.4, 0.5) is 20.4 Å². The van der Waals surface area contributed by atoms with Crippen molar-refractivity contribution >= 4 is 38.2 Å². The molecule has 13 heteroatoms. The Morgan fingerprint density at radius 3 is 2.66 bits per heavy atom. The first kappa shape index (κ1) is 28.7. The third kappa shape index (κ3) is 6.12. The van der Waals surface area contributed by atoms with Crippen LogP contribution in [0.2, 0.25) is 0 Å². The number of carbonyl (C=O) groups excluding carboxylic acids is 1. The SMILES string of the molecule is COC[C@@H](C(=O)Cc1cccc2c(-c3nc(Nc4cccc(S(C)(=O)=O)c4F)ncc3F)c[nH]c12)N1CCNCC1. The number of piperazine rings is 1. The van der Waals surface area contributed by atoms with Crippen molar-refractivity contribution in [2.75, 3.05) is 51.5 Å². The number of hydrogen-bond donors (Lipinski definition) is 3. The molecule has 0 amide bonds. The molecule has 0 spiro atoms. The molecule has 2 aromatic carbocycles. The molecular formula is C28H30F2N6O4S. The van der Waals surface area contributed by atoms with E-state index in [0.29, 0.717) is 23.1 Å². The minimum atomic E-state index is -3.81. The minimum absolute atomic E-state index is 0.0236. The molecule has 10 nitrogen and oxygen atoms in total. The number of H-pyrrole nitrogens is 1. The van der Waals surface area contributed by atoms with Gasteiger partial charge in [0, 0.05) is 68.6 Å². The van der Waals surface area contributed by atoms with E-state index in [1.165, 1.54) is 12.1 Å². The number of methoxy groups -OCH3 is 1. The van der Waals surface area contributed by atoms with Gasteiger partial charge in [-0.25, -0.2) is 27.2 Å². The second-order valence-electron chi connectivity index (χ2n) is 9.85. The Morgan fingerprint density at radius 1 is 1.17 bits per heavy atom. The van der Waals surface area contributed by atoms with Crippen LogP contribution >= 0.6 is 0 Å². The van der Waals surface area contributed by atoms with Crippen LogP contribution in [0.1, 0.15) is 5.56 Å². The molecule has 3 heterocycles. The molecule has 3 N–H and O–H groups in total. The summed E-state index contributed by atoms with van der Waals surface area (Å²) in [5.41, 5.74) is 1.64. The number of hydrogen-bond acceptors (Lipinski definition) is 9. The Balaban J connectivity index is 1.44. The number of aromatic amines is 1. The van der Waals surface area contributed by atoms with Crippen LogP contribution in [0.15, 0.2) is 53.7 Å². The van der Waals surface area contributed by atoms with Gasteiger partial charge in [0.05, 0.1) is 24.5 Å². The number of carbonyl (C=O) groups is 1. The van der Waals surface area contributed by atoms with E-state index < -0.39 is 26.4 Å². The minimum Gasteiger partial charge on any atom is -0.383 e. The lowest BCUT2D eigenvalue weighted by atomic mass is 9.99. The summed E-state index contributed by atoms with van der Waals surface area (Å²) in [4.78, 5) is 26.4. The number of Topliss-reactive ketones (excluding diaryl/α,β-unsaturated/α-hetero) is 1. The highest BCUT2D eigenvalue weighted by Gasteiger charge is 2.28. The molecular weight excluding hydrogens is 554 g/mol. The summed E-state index contributed by atoms with van der Waals surface area (Å²) in [5.74, 6) is -1.79. The van der Waals surface area contributed by atoms with E-state index in [0.717, 1.165) is 50.3 Å². The van der Waals surface area contributed by atoms with Crippen molar-refractivity contribution in [1.82, 2.24) is 25.2 Å². The van der Waals surface area contributed by atoms with E-state index in [1.807, 2.05) is 6.07 Å². The van der Waals surface area contributed by atoms with Crippen molar-refractivity contribution in [3.8, 4) is 11.3 Å². The van der Waals surface area contributed by atoms with Gasteiger partial charge < -0.3 is 20.4 Å². The van der Waals surface area contributed by atoms with E-state index in [1.54, 1.807) is 25.4 Å². The van der Waals surface area contributed by atoms with E-state index in [2.05, 4.69) is 30.5 Å². The zero-order valence-corrected chi connectivity index (χ0v) is 23.4. The quantitative estimate of drug-likeness (QED) is 0.258. The van der Waals surface area contributed by atoms with Gasteiger partial charge in [0.1, 0.15) is 10.6 Å². The van der Waals surface area contributed by atoms with Gasteiger partial charge in [-0.2, -0.15) is 0 Å². The zero-order chi connectivity index (χ0) is 29.1. The molecule has 0 bridgehead atoms. The molecule has 0 aliphatic carbocycles. The first-order valence-electron chi connectivity index (χ1n) is 13.0. The third-order valence-electron chi connectivity index (χ3n) is 7.06. The maximum atomic E-state index is 15.0. The Morgan fingerprint density at radius 2 is 1.93 bits per heavy atom. The lowest BCUT2D eigenvalue weighted by molar-refractivity contribution is -0.125. The molecule has 1 saturated heterocycles. The molecule has 1 atom stereocenters. The second kappa shape index (κ2) is 12.0. The van der Waals surface area contributed by atoms with Gasteiger partial charge in [-0.15, -0.1) is 0 Å². The number of halogens is 2. The topological polar surface area (TPSA) is 129 Å². The Kier molecular flexibility index (Phi) is 8.40. The Bertz CT molecular complexity index is 1690. The normalized spacial score (nSPS) is 15.2. The van der Waals surface area contributed by atoms with Crippen molar-refractivity contribution in [3.05, 3.63) is 66.0 Å². The molecule has 0 radical (unpaired) electrons. The number of aromatic nitrogens is 3. The van der Waals surface area contributed by atoms with Crippen LogP contribution in [-0.2, 0) is 25.8 Å². The van der Waals surface area contributed by atoms with Gasteiger partial charge in [0.25, 0.3) is 0 Å². The molecule has 1 fully saturated rings. The van der Waals surface area contributed by atoms with Gasteiger partial charge in [-0.1, -0.05) is 24.3 Å². The molecule has 0 saturated carbocycles. The second-order valence-corrected chi connectivity index (χ2v) is 11.8. The number of ether oxygens (including phenoxy) is 1. The Hall–Kier alpha value is -3.78. The van der Waals surface area contributed by atoms with Crippen LogP contribution in [0, 0.1) is 11.6 Å². The largest absolute Gasteiger partial charge is 0.383 e. The van der Waals surface area contributed by atoms with Crippen molar-refractivity contribution in [2.45, 2.75) is 17.4 Å². The standard InChI is InChI=1S/C28H30F2N6O4S/c1-40-16-22(36-11-9-31-10-12-36)23(37)13-17-5-3-6-18-19(14-32-26(17)18)27-20(29)15-33-28(35-27)34-21-7-4-8-24(25(21)30)41(2,38)39/h3-8,14-15,22,31-32H,9-13,16H2,1-2H3,(H,33,34,35)/t22-/m0/s1. The molecule has 1 aliphatic heterocycles. The van der Waals surface area contributed by atoms with Crippen LogP contribution in [0.25, 0.3) is 22.2 Å². The first-order valence-corrected chi connectivity index (χ1v) is 14.9. The molecule has 4 aromatic rings. The molecule has 216 valence electrons. The van der Waals surface area contributed by atoms with Crippen molar-refractivity contribution < 1.29 is 26.7 Å².